The summed E-state index contributed by atoms with van der Waals surface area (Å²) in [6, 6.07) is 20.2. The topological polar surface area (TPSA) is 23.3 Å². The zero-order valence-corrected chi connectivity index (χ0v) is 21.3. The molecule has 4 heteroatoms. The summed E-state index contributed by atoms with van der Waals surface area (Å²) in [6.07, 6.45) is 1.97. The van der Waals surface area contributed by atoms with Crippen LogP contribution < -0.4 is 5.48 Å². The lowest BCUT2D eigenvalue weighted by molar-refractivity contribution is -0.0725. The minimum atomic E-state index is -0.337. The summed E-state index contributed by atoms with van der Waals surface area (Å²) in [6.45, 7) is 12.9. The molecule has 0 atom stereocenters. The first kappa shape index (κ1) is 24.6. The quantitative estimate of drug-likeness (QED) is 0.316. The van der Waals surface area contributed by atoms with Crippen LogP contribution in [0.3, 0.4) is 0 Å². The summed E-state index contributed by atoms with van der Waals surface area (Å²) >= 11 is 12.3. The summed E-state index contributed by atoms with van der Waals surface area (Å²) in [7, 11) is 0. The van der Waals surface area contributed by atoms with E-state index >= 15 is 0 Å². The Morgan fingerprint density at radius 3 is 1.78 bits per heavy atom. The second kappa shape index (κ2) is 9.87. The molecule has 3 rings (SSSR count). The molecule has 3 aromatic rings. The Labute approximate surface area is 202 Å². The molecule has 3 aromatic carbocycles. The molecular formula is C28H32Cl2NO. The molecule has 0 bridgehead atoms. The van der Waals surface area contributed by atoms with Crippen LogP contribution in [-0.2, 0) is 10.3 Å². The van der Waals surface area contributed by atoms with Gasteiger partial charge in [-0.05, 0) is 84.3 Å². The van der Waals surface area contributed by atoms with Crippen molar-refractivity contribution < 1.29 is 4.84 Å². The molecule has 0 heterocycles. The first-order valence-electron chi connectivity index (χ1n) is 11.1. The van der Waals surface area contributed by atoms with Gasteiger partial charge in [0.25, 0.3) is 0 Å². The van der Waals surface area contributed by atoms with Crippen molar-refractivity contribution in [3.8, 4) is 22.3 Å². The lowest BCUT2D eigenvalue weighted by atomic mass is 9.81. The molecule has 0 fully saturated rings. The maximum Gasteiger partial charge on any atom is 0.102 e. The fourth-order valence-corrected chi connectivity index (χ4v) is 4.03. The van der Waals surface area contributed by atoms with Crippen LogP contribution in [0, 0.1) is 0 Å². The van der Waals surface area contributed by atoms with Gasteiger partial charge < -0.3 is 0 Å². The van der Waals surface area contributed by atoms with E-state index in [4.69, 9.17) is 33.5 Å². The lowest BCUT2D eigenvalue weighted by Crippen LogP contribution is -2.28. The largest absolute Gasteiger partial charge is 0.246 e. The molecule has 1 radical (unpaired) electrons. The zero-order chi connectivity index (χ0) is 23.5. The van der Waals surface area contributed by atoms with Gasteiger partial charge in [-0.1, -0.05) is 81.6 Å². The number of hydrogen-bond donors (Lipinski definition) is 0. The Balaban J connectivity index is 2.21. The maximum atomic E-state index is 6.18. The van der Waals surface area contributed by atoms with E-state index in [2.05, 4.69) is 53.7 Å². The zero-order valence-electron chi connectivity index (χ0n) is 19.8. The third kappa shape index (κ3) is 6.07. The van der Waals surface area contributed by atoms with Gasteiger partial charge in [0, 0.05) is 15.6 Å². The lowest BCUT2D eigenvalue weighted by Gasteiger charge is -2.29. The van der Waals surface area contributed by atoms with Gasteiger partial charge >= 0.3 is 0 Å². The van der Waals surface area contributed by atoms with Crippen LogP contribution in [-0.4, -0.2) is 5.60 Å². The van der Waals surface area contributed by atoms with E-state index in [-0.39, 0.29) is 11.0 Å². The molecule has 169 valence electrons. The summed E-state index contributed by atoms with van der Waals surface area (Å²) < 4.78 is 0. The predicted octanol–water partition coefficient (Wildman–Crippen LogP) is 9.37. The van der Waals surface area contributed by atoms with Crippen molar-refractivity contribution in [3.63, 3.8) is 0 Å². The van der Waals surface area contributed by atoms with Gasteiger partial charge in [-0.2, -0.15) is 0 Å². The smallest absolute Gasteiger partial charge is 0.102 e. The highest BCUT2D eigenvalue weighted by Crippen LogP contribution is 2.42. The van der Waals surface area contributed by atoms with Crippen LogP contribution in [0.4, 0.5) is 5.69 Å². The Morgan fingerprint density at radius 2 is 1.28 bits per heavy atom. The fourth-order valence-electron chi connectivity index (χ4n) is 3.78. The van der Waals surface area contributed by atoms with Gasteiger partial charge in [0.1, 0.15) is 5.69 Å². The highest BCUT2D eigenvalue weighted by Gasteiger charge is 2.26. The summed E-state index contributed by atoms with van der Waals surface area (Å²) in [5, 5.41) is 1.43. The first-order valence-corrected chi connectivity index (χ1v) is 11.9. The van der Waals surface area contributed by atoms with Crippen molar-refractivity contribution in [2.45, 2.75) is 65.4 Å². The predicted molar refractivity (Wildman–Crippen MR) is 138 cm³/mol. The first-order chi connectivity index (χ1) is 15.0. The molecule has 0 saturated carbocycles. The maximum absolute atomic E-state index is 6.18. The van der Waals surface area contributed by atoms with Gasteiger partial charge in [-0.3, -0.25) is 0 Å². The number of benzene rings is 3. The second-order valence-electron chi connectivity index (χ2n) is 9.88. The standard InChI is InChI=1S/C28H32Cl2NO/c1-7-16-28(5,6)32-31-26-24(20-10-14-23(30)15-11-20)17-21(18-25(26)27(2,3)4)19-8-12-22(29)13-9-19/h8-15,17-18H,7,16H2,1-6H3. The molecule has 0 aliphatic rings. The van der Waals surface area contributed by atoms with Crippen LogP contribution in [0.1, 0.15) is 59.9 Å². The van der Waals surface area contributed by atoms with Crippen LogP contribution in [0.2, 0.25) is 10.0 Å². The Hall–Kier alpha value is -2.00. The van der Waals surface area contributed by atoms with E-state index in [9.17, 15) is 0 Å². The molecular weight excluding hydrogens is 437 g/mol. The van der Waals surface area contributed by atoms with Crippen molar-refractivity contribution >= 4 is 28.9 Å². The van der Waals surface area contributed by atoms with Crippen molar-refractivity contribution in [2.24, 2.45) is 0 Å². The van der Waals surface area contributed by atoms with Gasteiger partial charge in [0.05, 0.1) is 5.60 Å². The number of hydrogen-bond acceptors (Lipinski definition) is 1. The molecule has 0 N–H and O–H groups in total. The molecule has 0 aliphatic heterocycles. The molecule has 32 heavy (non-hydrogen) atoms. The van der Waals surface area contributed by atoms with Crippen molar-refractivity contribution in [2.75, 3.05) is 0 Å². The van der Waals surface area contributed by atoms with Crippen molar-refractivity contribution in [1.82, 2.24) is 5.48 Å². The Morgan fingerprint density at radius 1 is 0.750 bits per heavy atom. The minimum Gasteiger partial charge on any atom is -0.246 e. The van der Waals surface area contributed by atoms with Gasteiger partial charge in [-0.25, -0.2) is 4.84 Å². The molecule has 0 aliphatic carbocycles. The monoisotopic (exact) mass is 468 g/mol. The van der Waals surface area contributed by atoms with Gasteiger partial charge in [-0.15, -0.1) is 5.48 Å². The summed E-state index contributed by atoms with van der Waals surface area (Å²) in [5.41, 5.74) is 10.6. The van der Waals surface area contributed by atoms with E-state index in [1.165, 1.54) is 0 Å². The fraction of sp³-hybridized carbons (Fsp3) is 0.357. The normalized spacial score (nSPS) is 12.1. The number of halogens is 2. The molecule has 0 saturated heterocycles. The van der Waals surface area contributed by atoms with E-state index in [0.29, 0.717) is 5.02 Å². The van der Waals surface area contributed by atoms with E-state index < -0.39 is 0 Å². The highest BCUT2D eigenvalue weighted by molar-refractivity contribution is 6.31. The molecule has 2 nitrogen and oxygen atoms in total. The number of rotatable bonds is 7. The average Bonchev–Trinajstić information content (AvgIpc) is 2.72. The van der Waals surface area contributed by atoms with E-state index in [1.807, 2.05) is 48.5 Å². The van der Waals surface area contributed by atoms with Gasteiger partial charge in [0.15, 0.2) is 0 Å². The Kier molecular flexibility index (Phi) is 7.60. The summed E-state index contributed by atoms with van der Waals surface area (Å²) in [5.74, 6) is 0. The summed E-state index contributed by atoms with van der Waals surface area (Å²) in [4.78, 5) is 6.12. The number of nitrogens with zero attached hydrogens (tertiary/aromatic N) is 1. The van der Waals surface area contributed by atoms with Crippen LogP contribution >= 0.6 is 23.2 Å². The van der Waals surface area contributed by atoms with Crippen LogP contribution in [0.5, 0.6) is 0 Å². The molecule has 0 amide bonds. The van der Waals surface area contributed by atoms with Gasteiger partial charge in [0.2, 0.25) is 0 Å². The van der Waals surface area contributed by atoms with E-state index in [0.717, 1.165) is 51.4 Å². The second-order valence-corrected chi connectivity index (χ2v) is 10.7. The van der Waals surface area contributed by atoms with Crippen LogP contribution in [0.15, 0.2) is 60.7 Å². The highest BCUT2D eigenvalue weighted by atomic mass is 35.5. The third-order valence-corrected chi connectivity index (χ3v) is 5.99. The van der Waals surface area contributed by atoms with Crippen molar-refractivity contribution in [1.29, 1.82) is 0 Å². The Bertz CT molecular complexity index is 1050. The molecule has 0 spiro atoms. The minimum absolute atomic E-state index is 0.138. The van der Waals surface area contributed by atoms with E-state index in [1.54, 1.807) is 0 Å². The molecule has 0 unspecified atom stereocenters. The average molecular weight is 469 g/mol. The van der Waals surface area contributed by atoms with Crippen molar-refractivity contribution in [3.05, 3.63) is 76.3 Å². The van der Waals surface area contributed by atoms with Crippen LogP contribution in [0.25, 0.3) is 22.3 Å². The third-order valence-electron chi connectivity index (χ3n) is 5.49. The molecule has 0 aromatic heterocycles. The SMILES string of the molecule is CCCC(C)(C)O[N]c1c(-c2ccc(Cl)cc2)cc(-c2ccc(Cl)cc2)cc1C(C)(C)C.